The van der Waals surface area contributed by atoms with Crippen LogP contribution in [-0.4, -0.2) is 43.3 Å². The molecule has 1 aromatic rings. The Hall–Kier alpha value is -1.75. The second-order valence-corrected chi connectivity index (χ2v) is 5.50. The van der Waals surface area contributed by atoms with Gasteiger partial charge in [0.15, 0.2) is 0 Å². The Morgan fingerprint density at radius 3 is 2.57 bits per heavy atom. The Bertz CT molecular complexity index is 481. The van der Waals surface area contributed by atoms with E-state index in [1.807, 2.05) is 18.2 Å². The summed E-state index contributed by atoms with van der Waals surface area (Å²) < 4.78 is 10.6. The van der Waals surface area contributed by atoms with Crippen LogP contribution in [0.1, 0.15) is 24.8 Å². The van der Waals surface area contributed by atoms with Gasteiger partial charge in [0.1, 0.15) is 11.5 Å². The molecule has 21 heavy (non-hydrogen) atoms. The van der Waals surface area contributed by atoms with Gasteiger partial charge in [0.25, 0.3) is 0 Å². The van der Waals surface area contributed by atoms with Crippen LogP contribution in [0.4, 0.5) is 0 Å². The molecule has 0 bridgehead atoms. The maximum absolute atomic E-state index is 10.7. The Labute approximate surface area is 125 Å². The monoisotopic (exact) mass is 293 g/mol. The van der Waals surface area contributed by atoms with Gasteiger partial charge in [-0.1, -0.05) is 6.07 Å². The average Bonchev–Trinajstić information content (AvgIpc) is 2.49. The first kappa shape index (κ1) is 15.6. The number of rotatable bonds is 6. The molecule has 1 N–H and O–H groups in total. The molecule has 1 saturated heterocycles. The smallest absolute Gasteiger partial charge is 0.303 e. The fourth-order valence-electron chi connectivity index (χ4n) is 2.82. The number of likely N-dealkylation sites (tertiary alicyclic amines) is 1. The van der Waals surface area contributed by atoms with Gasteiger partial charge in [0.2, 0.25) is 0 Å². The number of nitrogens with zero attached hydrogens (tertiary/aromatic N) is 1. The Kier molecular flexibility index (Phi) is 5.44. The van der Waals surface area contributed by atoms with Gasteiger partial charge in [0.05, 0.1) is 14.2 Å². The third kappa shape index (κ3) is 4.36. The highest BCUT2D eigenvalue weighted by Crippen LogP contribution is 2.28. The average molecular weight is 293 g/mol. The van der Waals surface area contributed by atoms with E-state index < -0.39 is 5.97 Å². The molecule has 1 aliphatic heterocycles. The van der Waals surface area contributed by atoms with Crippen molar-refractivity contribution in [1.82, 2.24) is 4.90 Å². The van der Waals surface area contributed by atoms with Crippen LogP contribution in [-0.2, 0) is 11.3 Å². The van der Waals surface area contributed by atoms with Crippen LogP contribution in [0, 0.1) is 5.92 Å². The van der Waals surface area contributed by atoms with Crippen LogP contribution in [0.2, 0.25) is 0 Å². The number of piperidine rings is 1. The molecule has 116 valence electrons. The van der Waals surface area contributed by atoms with Gasteiger partial charge >= 0.3 is 5.97 Å². The third-order valence-electron chi connectivity index (χ3n) is 4.06. The van der Waals surface area contributed by atoms with Crippen LogP contribution in [0.25, 0.3) is 0 Å². The Balaban J connectivity index is 1.92. The minimum absolute atomic E-state index is 0.291. The van der Waals surface area contributed by atoms with Crippen molar-refractivity contribution in [3.05, 3.63) is 23.8 Å². The maximum atomic E-state index is 10.7. The highest BCUT2D eigenvalue weighted by molar-refractivity contribution is 5.67. The lowest BCUT2D eigenvalue weighted by Gasteiger charge is -2.31. The van der Waals surface area contributed by atoms with E-state index in [0.717, 1.165) is 49.5 Å². The summed E-state index contributed by atoms with van der Waals surface area (Å²) in [7, 11) is 3.30. The molecule has 0 aliphatic carbocycles. The Morgan fingerprint density at radius 1 is 1.29 bits per heavy atom. The number of carboxylic acid groups (broad SMARTS) is 1. The van der Waals surface area contributed by atoms with Crippen molar-refractivity contribution < 1.29 is 19.4 Å². The number of hydrogen-bond donors (Lipinski definition) is 1. The third-order valence-corrected chi connectivity index (χ3v) is 4.06. The first-order chi connectivity index (χ1) is 10.1. The number of benzene rings is 1. The van der Waals surface area contributed by atoms with Gasteiger partial charge in [0, 0.05) is 24.6 Å². The Morgan fingerprint density at radius 2 is 2.00 bits per heavy atom. The van der Waals surface area contributed by atoms with Gasteiger partial charge in [-0.15, -0.1) is 0 Å². The van der Waals surface area contributed by atoms with Crippen LogP contribution in [0.15, 0.2) is 18.2 Å². The fourth-order valence-corrected chi connectivity index (χ4v) is 2.82. The van der Waals surface area contributed by atoms with Crippen molar-refractivity contribution in [2.45, 2.75) is 25.8 Å². The van der Waals surface area contributed by atoms with E-state index in [9.17, 15) is 4.79 Å². The molecule has 0 spiro atoms. The summed E-state index contributed by atoms with van der Waals surface area (Å²) in [6, 6.07) is 5.86. The van der Waals surface area contributed by atoms with Crippen molar-refractivity contribution in [2.24, 2.45) is 5.92 Å². The second-order valence-electron chi connectivity index (χ2n) is 5.50. The molecule has 0 amide bonds. The number of hydrogen-bond acceptors (Lipinski definition) is 4. The van der Waals surface area contributed by atoms with E-state index in [-0.39, 0.29) is 0 Å². The van der Waals surface area contributed by atoms with Gasteiger partial charge < -0.3 is 14.6 Å². The van der Waals surface area contributed by atoms with Gasteiger partial charge in [-0.25, -0.2) is 0 Å². The van der Waals surface area contributed by atoms with Crippen molar-refractivity contribution in [3.63, 3.8) is 0 Å². The fraction of sp³-hybridized carbons (Fsp3) is 0.562. The standard InChI is InChI=1S/C16H23NO4/c1-20-14-4-3-13(15(10-14)21-2)11-17-7-5-12(6-8-17)9-16(18)19/h3-4,10,12H,5-9,11H2,1-2H3,(H,18,19). The van der Waals surface area contributed by atoms with Crippen LogP contribution in [0.3, 0.4) is 0 Å². The molecule has 5 nitrogen and oxygen atoms in total. The maximum Gasteiger partial charge on any atom is 0.303 e. The quantitative estimate of drug-likeness (QED) is 0.872. The number of ether oxygens (including phenoxy) is 2. The summed E-state index contributed by atoms with van der Waals surface area (Å²) in [4.78, 5) is 13.1. The highest BCUT2D eigenvalue weighted by Gasteiger charge is 2.22. The van der Waals surface area contributed by atoms with Crippen molar-refractivity contribution in [3.8, 4) is 11.5 Å². The van der Waals surface area contributed by atoms with E-state index in [4.69, 9.17) is 14.6 Å². The minimum atomic E-state index is -0.690. The van der Waals surface area contributed by atoms with E-state index in [0.29, 0.717) is 12.3 Å². The van der Waals surface area contributed by atoms with E-state index in [1.165, 1.54) is 0 Å². The zero-order valence-corrected chi connectivity index (χ0v) is 12.7. The number of carboxylic acids is 1. The van der Waals surface area contributed by atoms with Crippen LogP contribution < -0.4 is 9.47 Å². The molecule has 1 aromatic carbocycles. The molecule has 0 atom stereocenters. The summed E-state index contributed by atoms with van der Waals surface area (Å²) in [5, 5.41) is 8.84. The molecular weight excluding hydrogens is 270 g/mol. The van der Waals surface area contributed by atoms with E-state index in [2.05, 4.69) is 4.90 Å². The summed E-state index contributed by atoms with van der Waals surface area (Å²) in [5.41, 5.74) is 1.13. The van der Waals surface area contributed by atoms with Crippen LogP contribution >= 0.6 is 0 Å². The zero-order chi connectivity index (χ0) is 15.2. The van der Waals surface area contributed by atoms with Crippen molar-refractivity contribution >= 4 is 5.97 Å². The predicted molar refractivity (Wildman–Crippen MR) is 79.8 cm³/mol. The van der Waals surface area contributed by atoms with E-state index in [1.54, 1.807) is 14.2 Å². The molecule has 0 radical (unpaired) electrons. The number of methoxy groups -OCH3 is 2. The first-order valence-corrected chi connectivity index (χ1v) is 7.27. The molecule has 1 fully saturated rings. The molecule has 5 heteroatoms. The second kappa shape index (κ2) is 7.31. The molecule has 0 aromatic heterocycles. The van der Waals surface area contributed by atoms with Gasteiger partial charge in [-0.3, -0.25) is 9.69 Å². The summed E-state index contributed by atoms with van der Waals surface area (Å²) >= 11 is 0. The SMILES string of the molecule is COc1ccc(CN2CCC(CC(=O)O)CC2)c(OC)c1. The summed E-state index contributed by atoms with van der Waals surface area (Å²) in [6.07, 6.45) is 2.19. The normalized spacial score (nSPS) is 16.7. The summed E-state index contributed by atoms with van der Waals surface area (Å²) in [6.45, 7) is 2.70. The van der Waals surface area contributed by atoms with Gasteiger partial charge in [-0.05, 0) is 37.9 Å². The largest absolute Gasteiger partial charge is 0.497 e. The lowest BCUT2D eigenvalue weighted by atomic mass is 9.93. The number of carbonyl (C=O) groups is 1. The molecule has 0 unspecified atom stereocenters. The zero-order valence-electron chi connectivity index (χ0n) is 12.7. The lowest BCUT2D eigenvalue weighted by Crippen LogP contribution is -2.34. The number of aliphatic carboxylic acids is 1. The van der Waals surface area contributed by atoms with E-state index >= 15 is 0 Å². The minimum Gasteiger partial charge on any atom is -0.497 e. The molecule has 0 saturated carbocycles. The van der Waals surface area contributed by atoms with Crippen LogP contribution in [0.5, 0.6) is 11.5 Å². The first-order valence-electron chi connectivity index (χ1n) is 7.27. The van der Waals surface area contributed by atoms with Gasteiger partial charge in [-0.2, -0.15) is 0 Å². The topological polar surface area (TPSA) is 59.0 Å². The van der Waals surface area contributed by atoms with Crippen molar-refractivity contribution in [1.29, 1.82) is 0 Å². The lowest BCUT2D eigenvalue weighted by molar-refractivity contribution is -0.138. The predicted octanol–water partition coefficient (Wildman–Crippen LogP) is 2.39. The molecule has 1 aliphatic rings. The summed E-state index contributed by atoms with van der Waals surface area (Å²) in [5.74, 6) is 1.25. The molecule has 1 heterocycles. The van der Waals surface area contributed by atoms with Crippen molar-refractivity contribution in [2.75, 3.05) is 27.3 Å². The molecule has 2 rings (SSSR count). The highest BCUT2D eigenvalue weighted by atomic mass is 16.5. The molecular formula is C16H23NO4.